The van der Waals surface area contributed by atoms with Crippen molar-refractivity contribution in [2.24, 2.45) is 0 Å². The molecule has 2 aromatic carbocycles. The quantitative estimate of drug-likeness (QED) is 0.570. The molecule has 0 radical (unpaired) electrons. The van der Waals surface area contributed by atoms with E-state index in [-0.39, 0.29) is 41.8 Å². The van der Waals surface area contributed by atoms with Gasteiger partial charge in [-0.3, -0.25) is 9.59 Å². The number of amides is 2. The lowest BCUT2D eigenvalue weighted by molar-refractivity contribution is -0.121. The highest BCUT2D eigenvalue weighted by Crippen LogP contribution is 2.34. The fourth-order valence-corrected chi connectivity index (χ4v) is 4.33. The highest BCUT2D eigenvalue weighted by Gasteiger charge is 2.33. The number of benzene rings is 2. The molecule has 0 spiro atoms. The molecule has 172 valence electrons. The zero-order valence-electron chi connectivity index (χ0n) is 18.4. The molecule has 0 saturated carbocycles. The van der Waals surface area contributed by atoms with Crippen LogP contribution in [0.1, 0.15) is 32.3 Å². The van der Waals surface area contributed by atoms with Crippen LogP contribution in [-0.2, 0) is 26.2 Å². The fourth-order valence-electron chi connectivity index (χ4n) is 3.29. The fraction of sp³-hybridized carbons (Fsp3) is 0.364. The number of carbonyl (C=O) groups excluding carboxylic acids is 2. The van der Waals surface area contributed by atoms with Gasteiger partial charge in [0.1, 0.15) is 5.75 Å². The van der Waals surface area contributed by atoms with Crippen LogP contribution in [0.15, 0.2) is 41.3 Å². The Bertz CT molecular complexity index is 1110. The van der Waals surface area contributed by atoms with Gasteiger partial charge >= 0.3 is 0 Å². The molecule has 2 aromatic rings. The molecule has 1 N–H and O–H groups in total. The van der Waals surface area contributed by atoms with Crippen molar-refractivity contribution in [2.45, 2.75) is 44.2 Å². The molecule has 0 bridgehead atoms. The number of methoxy groups -OCH3 is 2. The average molecular weight is 463 g/mol. The summed E-state index contributed by atoms with van der Waals surface area (Å²) in [5.74, 6) is 0.498. The first-order valence-corrected chi connectivity index (χ1v) is 11.5. The van der Waals surface area contributed by atoms with Crippen LogP contribution in [0.2, 0.25) is 0 Å². The summed E-state index contributed by atoms with van der Waals surface area (Å²) in [6, 6.07) is 9.20. The molecule has 10 heteroatoms. The maximum absolute atomic E-state index is 12.9. The summed E-state index contributed by atoms with van der Waals surface area (Å²) in [5.41, 5.74) is 0.778. The molecule has 32 heavy (non-hydrogen) atoms. The Morgan fingerprint density at radius 1 is 0.938 bits per heavy atom. The van der Waals surface area contributed by atoms with Crippen LogP contribution in [0.3, 0.4) is 0 Å². The van der Waals surface area contributed by atoms with Crippen molar-refractivity contribution < 1.29 is 32.2 Å². The lowest BCUT2D eigenvalue weighted by atomic mass is 10.2. The van der Waals surface area contributed by atoms with Gasteiger partial charge < -0.3 is 14.2 Å². The zero-order valence-corrected chi connectivity index (χ0v) is 19.2. The standard InChI is InChI=1S/C22H26N2O7S/c1-14(2)31-19-7-5-15(11-20(19)30-4)13-23-32(27,28)16-6-8-18(29-3)17(12-16)24-21(25)9-10-22(24)26/h5-8,11-12,14,23H,9-10,13H2,1-4H3. The summed E-state index contributed by atoms with van der Waals surface area (Å²) in [6.07, 6.45) is 0.123. The normalized spacial score (nSPS) is 14.2. The highest BCUT2D eigenvalue weighted by atomic mass is 32.2. The Kier molecular flexibility index (Phi) is 7.05. The SMILES string of the molecule is COc1cc(CNS(=O)(=O)c2ccc(OC)c(N3C(=O)CCC3=O)c2)ccc1OC(C)C. The lowest BCUT2D eigenvalue weighted by Crippen LogP contribution is -2.29. The summed E-state index contributed by atoms with van der Waals surface area (Å²) in [7, 11) is -1.05. The minimum Gasteiger partial charge on any atom is -0.495 e. The van der Waals surface area contributed by atoms with E-state index in [0.717, 1.165) is 4.90 Å². The molecule has 9 nitrogen and oxygen atoms in total. The Hall–Kier alpha value is -3.11. The van der Waals surface area contributed by atoms with Crippen molar-refractivity contribution in [3.8, 4) is 17.2 Å². The molecule has 1 fully saturated rings. The van der Waals surface area contributed by atoms with Crippen molar-refractivity contribution in [3.05, 3.63) is 42.0 Å². The van der Waals surface area contributed by atoms with Gasteiger partial charge in [-0.1, -0.05) is 6.07 Å². The van der Waals surface area contributed by atoms with Gasteiger partial charge in [-0.15, -0.1) is 0 Å². The third-order valence-electron chi connectivity index (χ3n) is 4.81. The topological polar surface area (TPSA) is 111 Å². The van der Waals surface area contributed by atoms with E-state index in [9.17, 15) is 18.0 Å². The predicted octanol–water partition coefficient (Wildman–Crippen LogP) is 2.62. The Morgan fingerprint density at radius 3 is 2.16 bits per heavy atom. The maximum Gasteiger partial charge on any atom is 0.240 e. The van der Waals surface area contributed by atoms with Crippen LogP contribution in [0.5, 0.6) is 17.2 Å². The number of hydrogen-bond donors (Lipinski definition) is 1. The second-order valence-corrected chi connectivity index (χ2v) is 9.20. The predicted molar refractivity (Wildman–Crippen MR) is 118 cm³/mol. The van der Waals surface area contributed by atoms with Crippen LogP contribution >= 0.6 is 0 Å². The minimum atomic E-state index is -3.95. The van der Waals surface area contributed by atoms with Crippen molar-refractivity contribution in [2.75, 3.05) is 19.1 Å². The monoisotopic (exact) mass is 462 g/mol. The summed E-state index contributed by atoms with van der Waals surface area (Å²) in [4.78, 5) is 25.2. The Morgan fingerprint density at radius 2 is 1.56 bits per heavy atom. The first kappa shape index (κ1) is 23.6. The van der Waals surface area contributed by atoms with E-state index in [1.807, 2.05) is 13.8 Å². The van der Waals surface area contributed by atoms with Crippen molar-refractivity contribution in [1.82, 2.24) is 4.72 Å². The van der Waals surface area contributed by atoms with Crippen LogP contribution in [0, 0.1) is 0 Å². The van der Waals surface area contributed by atoms with Gasteiger partial charge in [0.2, 0.25) is 21.8 Å². The maximum atomic E-state index is 12.9. The lowest BCUT2D eigenvalue weighted by Gasteiger charge is -2.18. The number of carbonyl (C=O) groups is 2. The van der Waals surface area contributed by atoms with E-state index in [2.05, 4.69) is 4.72 Å². The molecule has 0 unspecified atom stereocenters. The van der Waals surface area contributed by atoms with Crippen LogP contribution < -0.4 is 23.8 Å². The summed E-state index contributed by atoms with van der Waals surface area (Å²) >= 11 is 0. The molecule has 1 heterocycles. The Balaban J connectivity index is 1.84. The largest absolute Gasteiger partial charge is 0.495 e. The van der Waals surface area contributed by atoms with Crippen molar-refractivity contribution in [1.29, 1.82) is 0 Å². The van der Waals surface area contributed by atoms with Crippen LogP contribution in [0.25, 0.3) is 0 Å². The summed E-state index contributed by atoms with van der Waals surface area (Å²) < 4.78 is 44.6. The van der Waals surface area contributed by atoms with Crippen molar-refractivity contribution in [3.63, 3.8) is 0 Å². The number of hydrogen-bond acceptors (Lipinski definition) is 7. The number of rotatable bonds is 9. The molecule has 0 atom stereocenters. The third-order valence-corrected chi connectivity index (χ3v) is 6.21. The first-order valence-electron chi connectivity index (χ1n) is 10.0. The van der Waals surface area contributed by atoms with E-state index in [1.54, 1.807) is 18.2 Å². The number of anilines is 1. The molecular weight excluding hydrogens is 436 g/mol. The second-order valence-electron chi connectivity index (χ2n) is 7.43. The number of nitrogens with one attached hydrogen (secondary N) is 1. The molecule has 0 aliphatic carbocycles. The minimum absolute atomic E-state index is 0.00356. The van der Waals surface area contributed by atoms with Gasteiger partial charge in [-0.2, -0.15) is 0 Å². The molecule has 1 aliphatic heterocycles. The molecule has 3 rings (SSSR count). The third kappa shape index (κ3) is 5.03. The smallest absolute Gasteiger partial charge is 0.240 e. The van der Waals surface area contributed by atoms with E-state index >= 15 is 0 Å². The zero-order chi connectivity index (χ0) is 23.5. The summed E-state index contributed by atoms with van der Waals surface area (Å²) in [6.45, 7) is 3.80. The van der Waals surface area contributed by atoms with Gasteiger partial charge in [0, 0.05) is 19.4 Å². The van der Waals surface area contributed by atoms with Gasteiger partial charge in [-0.05, 0) is 49.7 Å². The van der Waals surface area contributed by atoms with Crippen LogP contribution in [-0.4, -0.2) is 40.6 Å². The molecule has 0 aromatic heterocycles. The van der Waals surface area contributed by atoms with Crippen molar-refractivity contribution >= 4 is 27.5 Å². The second kappa shape index (κ2) is 9.58. The first-order chi connectivity index (χ1) is 15.2. The molecule has 1 saturated heterocycles. The van der Waals surface area contributed by atoms with E-state index < -0.39 is 21.8 Å². The van der Waals surface area contributed by atoms with E-state index in [0.29, 0.717) is 17.1 Å². The van der Waals surface area contributed by atoms with Gasteiger partial charge in [-0.25, -0.2) is 18.0 Å². The Labute approximate surface area is 187 Å². The van der Waals surface area contributed by atoms with E-state index in [1.165, 1.54) is 32.4 Å². The number of ether oxygens (including phenoxy) is 3. The summed E-state index contributed by atoms with van der Waals surface area (Å²) in [5, 5.41) is 0. The molecule has 1 aliphatic rings. The molecular formula is C22H26N2O7S. The van der Waals surface area contributed by atoms with Gasteiger partial charge in [0.25, 0.3) is 0 Å². The number of sulfonamides is 1. The number of nitrogens with zero attached hydrogens (tertiary/aromatic N) is 1. The van der Waals surface area contributed by atoms with Gasteiger partial charge in [0.15, 0.2) is 11.5 Å². The number of imide groups is 1. The average Bonchev–Trinajstić information content (AvgIpc) is 3.10. The molecule has 2 amide bonds. The van der Waals surface area contributed by atoms with Crippen LogP contribution in [0.4, 0.5) is 5.69 Å². The highest BCUT2D eigenvalue weighted by molar-refractivity contribution is 7.89. The van der Waals surface area contributed by atoms with Gasteiger partial charge in [0.05, 0.1) is 30.9 Å². The van der Waals surface area contributed by atoms with E-state index in [4.69, 9.17) is 14.2 Å².